The van der Waals surface area contributed by atoms with Crippen molar-refractivity contribution in [2.45, 2.75) is 26.8 Å². The van der Waals surface area contributed by atoms with Crippen molar-refractivity contribution in [1.82, 2.24) is 4.57 Å². The van der Waals surface area contributed by atoms with Gasteiger partial charge in [0.25, 0.3) is 5.56 Å². The predicted octanol–water partition coefficient (Wildman–Crippen LogP) is 4.46. The number of hydrogen-bond donors (Lipinski definition) is 0. The molecule has 0 aliphatic carbocycles. The molecule has 1 aliphatic heterocycles. The van der Waals surface area contributed by atoms with Crippen molar-refractivity contribution in [3.8, 4) is 17.1 Å². The quantitative estimate of drug-likeness (QED) is 0.340. The largest absolute Gasteiger partial charge is 0.494 e. The summed E-state index contributed by atoms with van der Waals surface area (Å²) in [4.78, 5) is 31.9. The zero-order valence-corrected chi connectivity index (χ0v) is 21.6. The molecule has 0 spiro atoms. The van der Waals surface area contributed by atoms with Gasteiger partial charge in [-0.25, -0.2) is 9.79 Å². The lowest BCUT2D eigenvalue weighted by atomic mass is 9.96. The Bertz CT molecular complexity index is 1640. The number of nitrogens with zero attached hydrogens (tertiary/aromatic N) is 2. The summed E-state index contributed by atoms with van der Waals surface area (Å²) in [5.74, 6) is 1.50. The van der Waals surface area contributed by atoms with E-state index in [9.17, 15) is 9.59 Å². The van der Waals surface area contributed by atoms with Gasteiger partial charge in [0.1, 0.15) is 17.3 Å². The monoisotopic (exact) mass is 514 g/mol. The molecule has 8 heteroatoms. The molecule has 0 N–H and O–H groups in total. The van der Waals surface area contributed by atoms with Gasteiger partial charge in [-0.15, -0.1) is 0 Å². The van der Waals surface area contributed by atoms with Gasteiger partial charge in [-0.1, -0.05) is 53.8 Å². The molecule has 0 unspecified atom stereocenters. The summed E-state index contributed by atoms with van der Waals surface area (Å²) in [7, 11) is 0. The number of aromatic nitrogens is 1. The third-order valence-corrected chi connectivity index (χ3v) is 6.97. The zero-order chi connectivity index (χ0) is 25.9. The highest BCUT2D eigenvalue weighted by Gasteiger charge is 2.33. The van der Waals surface area contributed by atoms with Gasteiger partial charge in [0, 0.05) is 11.6 Å². The van der Waals surface area contributed by atoms with E-state index in [0.29, 0.717) is 44.5 Å². The number of esters is 1. The van der Waals surface area contributed by atoms with E-state index in [4.69, 9.17) is 13.9 Å². The van der Waals surface area contributed by atoms with Crippen LogP contribution in [0.25, 0.3) is 17.4 Å². The number of thiazole rings is 1. The molecule has 2 aromatic heterocycles. The van der Waals surface area contributed by atoms with Crippen molar-refractivity contribution >= 4 is 23.4 Å². The van der Waals surface area contributed by atoms with Gasteiger partial charge < -0.3 is 13.9 Å². The number of rotatable bonds is 7. The van der Waals surface area contributed by atoms with E-state index >= 15 is 0 Å². The van der Waals surface area contributed by atoms with Gasteiger partial charge in [-0.2, -0.15) is 0 Å². The number of carbonyl (C=O) groups excluding carboxylic acids is 1. The first-order chi connectivity index (χ1) is 18.0. The summed E-state index contributed by atoms with van der Waals surface area (Å²) in [5.41, 5.74) is 2.32. The molecular formula is C29H26N2O5S. The van der Waals surface area contributed by atoms with Crippen molar-refractivity contribution in [3.05, 3.63) is 109 Å². The van der Waals surface area contributed by atoms with Crippen LogP contribution >= 0.6 is 11.3 Å². The van der Waals surface area contributed by atoms with Crippen LogP contribution in [0, 0.1) is 0 Å². The molecule has 5 rings (SSSR count). The molecule has 0 saturated carbocycles. The van der Waals surface area contributed by atoms with Crippen molar-refractivity contribution in [1.29, 1.82) is 0 Å². The fourth-order valence-electron chi connectivity index (χ4n) is 4.34. The molecule has 37 heavy (non-hydrogen) atoms. The zero-order valence-electron chi connectivity index (χ0n) is 20.8. The molecule has 4 aromatic rings. The van der Waals surface area contributed by atoms with E-state index in [0.717, 1.165) is 11.1 Å². The second-order valence-electron chi connectivity index (χ2n) is 8.37. The van der Waals surface area contributed by atoms with Crippen LogP contribution in [0.4, 0.5) is 0 Å². The molecule has 0 bridgehead atoms. The highest BCUT2D eigenvalue weighted by atomic mass is 32.1. The standard InChI is InChI=1S/C29H26N2O5S/c1-4-34-21-13-11-20(12-14-21)26-25(28(33)35-5-2)18(3)30-29-31(26)27(32)24(37-29)17-22-15-16-23(36-22)19-9-7-6-8-10-19/h6-17,26H,4-5H2,1-3H3/b24-17-/t26-/m1/s1. The van der Waals surface area contributed by atoms with Crippen LogP contribution in [0.2, 0.25) is 0 Å². The first-order valence-electron chi connectivity index (χ1n) is 12.1. The summed E-state index contributed by atoms with van der Waals surface area (Å²) < 4.78 is 18.9. The molecule has 1 aliphatic rings. The Hall–Kier alpha value is -4.17. The highest BCUT2D eigenvalue weighted by molar-refractivity contribution is 7.07. The maximum Gasteiger partial charge on any atom is 0.338 e. The van der Waals surface area contributed by atoms with Crippen molar-refractivity contribution < 1.29 is 18.7 Å². The molecule has 0 amide bonds. The number of hydrogen-bond acceptors (Lipinski definition) is 7. The summed E-state index contributed by atoms with van der Waals surface area (Å²) in [5, 5.41) is 0. The third kappa shape index (κ3) is 4.80. The molecule has 2 aromatic carbocycles. The third-order valence-electron chi connectivity index (χ3n) is 5.98. The second-order valence-corrected chi connectivity index (χ2v) is 9.38. The number of allylic oxidation sites excluding steroid dienone is 1. The van der Waals surface area contributed by atoms with Crippen molar-refractivity contribution in [2.75, 3.05) is 13.2 Å². The van der Waals surface area contributed by atoms with Crippen LogP contribution < -0.4 is 19.6 Å². The van der Waals surface area contributed by atoms with Crippen LogP contribution in [0.3, 0.4) is 0 Å². The van der Waals surface area contributed by atoms with Gasteiger partial charge in [-0.3, -0.25) is 9.36 Å². The number of benzene rings is 2. The molecule has 0 saturated heterocycles. The Morgan fingerprint density at radius 3 is 2.51 bits per heavy atom. The van der Waals surface area contributed by atoms with Gasteiger partial charge >= 0.3 is 5.97 Å². The number of furan rings is 1. The van der Waals surface area contributed by atoms with E-state index in [-0.39, 0.29) is 12.2 Å². The average molecular weight is 515 g/mol. The Morgan fingerprint density at radius 2 is 1.81 bits per heavy atom. The lowest BCUT2D eigenvalue weighted by Gasteiger charge is -2.24. The van der Waals surface area contributed by atoms with E-state index in [1.54, 1.807) is 24.5 Å². The predicted molar refractivity (Wildman–Crippen MR) is 142 cm³/mol. The van der Waals surface area contributed by atoms with Crippen molar-refractivity contribution in [2.24, 2.45) is 4.99 Å². The van der Waals surface area contributed by atoms with Crippen LogP contribution in [0.5, 0.6) is 5.75 Å². The first kappa shape index (κ1) is 24.5. The number of carbonyl (C=O) groups is 1. The van der Waals surface area contributed by atoms with E-state index < -0.39 is 12.0 Å². The van der Waals surface area contributed by atoms with Gasteiger partial charge in [0.05, 0.1) is 35.1 Å². The number of ether oxygens (including phenoxy) is 2. The number of fused-ring (bicyclic) bond motifs is 1. The van der Waals surface area contributed by atoms with Gasteiger partial charge in [-0.05, 0) is 50.6 Å². The second kappa shape index (κ2) is 10.4. The lowest BCUT2D eigenvalue weighted by molar-refractivity contribution is -0.139. The molecule has 1 atom stereocenters. The van der Waals surface area contributed by atoms with Gasteiger partial charge in [0.2, 0.25) is 0 Å². The fraction of sp³-hybridized carbons (Fsp3) is 0.207. The molecule has 188 valence electrons. The summed E-state index contributed by atoms with van der Waals surface area (Å²) >= 11 is 1.26. The molecule has 0 radical (unpaired) electrons. The highest BCUT2D eigenvalue weighted by Crippen LogP contribution is 2.31. The van der Waals surface area contributed by atoms with Crippen LogP contribution in [-0.2, 0) is 9.53 Å². The van der Waals surface area contributed by atoms with Crippen LogP contribution in [-0.4, -0.2) is 23.8 Å². The minimum atomic E-state index is -0.676. The molecule has 7 nitrogen and oxygen atoms in total. The fourth-order valence-corrected chi connectivity index (χ4v) is 5.36. The van der Waals surface area contributed by atoms with Gasteiger partial charge in [0.15, 0.2) is 4.80 Å². The van der Waals surface area contributed by atoms with Crippen LogP contribution in [0.1, 0.15) is 38.1 Å². The molecule has 0 fully saturated rings. The van der Waals surface area contributed by atoms with Crippen LogP contribution in [0.15, 0.2) is 92.2 Å². The minimum Gasteiger partial charge on any atom is -0.494 e. The average Bonchev–Trinajstić information content (AvgIpc) is 3.49. The smallest absolute Gasteiger partial charge is 0.338 e. The van der Waals surface area contributed by atoms with E-state index in [2.05, 4.69) is 4.99 Å². The Kier molecular flexibility index (Phi) is 6.92. The maximum absolute atomic E-state index is 13.7. The van der Waals surface area contributed by atoms with E-state index in [1.807, 2.05) is 73.7 Å². The van der Waals surface area contributed by atoms with Crippen molar-refractivity contribution in [3.63, 3.8) is 0 Å². The summed E-state index contributed by atoms with van der Waals surface area (Å²) in [6.45, 7) is 6.20. The van der Waals surface area contributed by atoms with E-state index in [1.165, 1.54) is 11.3 Å². The molecular weight excluding hydrogens is 488 g/mol. The SMILES string of the molecule is CCOC(=O)C1=C(C)N=c2s/c(=C\c3ccc(-c4ccccc4)o3)c(=O)n2[C@@H]1c1ccc(OCC)cc1. The Labute approximate surface area is 217 Å². The lowest BCUT2D eigenvalue weighted by Crippen LogP contribution is -2.39. The maximum atomic E-state index is 13.7. The summed E-state index contributed by atoms with van der Waals surface area (Å²) in [6.07, 6.45) is 1.72. The Balaban J connectivity index is 1.62. The molecule has 3 heterocycles. The summed E-state index contributed by atoms with van der Waals surface area (Å²) in [6, 6.07) is 20.2. The topological polar surface area (TPSA) is 83.0 Å². The first-order valence-corrected chi connectivity index (χ1v) is 12.9. The minimum absolute atomic E-state index is 0.221. The Morgan fingerprint density at radius 1 is 1.05 bits per heavy atom. The normalized spacial score (nSPS) is 15.3.